The summed E-state index contributed by atoms with van der Waals surface area (Å²) >= 11 is 0. The Hall–Kier alpha value is -1.95. The molecule has 0 radical (unpaired) electrons. The molecule has 18 heavy (non-hydrogen) atoms. The molecule has 0 aromatic heterocycles. The van der Waals surface area contributed by atoms with E-state index >= 15 is 0 Å². The number of hydrogen-bond donors (Lipinski definition) is 2. The van der Waals surface area contributed by atoms with Gasteiger partial charge in [0.1, 0.15) is 6.04 Å². The quantitative estimate of drug-likeness (QED) is 0.594. The fourth-order valence-electron chi connectivity index (χ4n) is 1.62. The Balaban J connectivity index is 2.70. The molecule has 1 aromatic carbocycles. The molecule has 0 aliphatic rings. The summed E-state index contributed by atoms with van der Waals surface area (Å²) in [7, 11) is 0. The lowest BCUT2D eigenvalue weighted by Gasteiger charge is -2.17. The van der Waals surface area contributed by atoms with Gasteiger partial charge in [0.05, 0.1) is 4.92 Å². The van der Waals surface area contributed by atoms with Crippen LogP contribution in [-0.4, -0.2) is 22.0 Å². The number of hydrogen-bond acceptors (Lipinski definition) is 4. The number of nitro groups is 1. The van der Waals surface area contributed by atoms with Crippen LogP contribution < -0.4 is 5.32 Å². The molecular weight excluding hydrogens is 236 g/mol. The minimum absolute atomic E-state index is 0.00530. The van der Waals surface area contributed by atoms with Crippen molar-refractivity contribution in [3.63, 3.8) is 0 Å². The maximum Gasteiger partial charge on any atom is 0.320 e. The SMILES string of the molecule is CC(C)[C@@H](NCc1cccc([N+](=O)[O-])c1)C(=O)O. The molecule has 0 aliphatic carbocycles. The maximum absolute atomic E-state index is 11.0. The number of nitro benzene ring substituents is 1. The van der Waals surface area contributed by atoms with E-state index in [1.54, 1.807) is 26.0 Å². The van der Waals surface area contributed by atoms with E-state index in [1.165, 1.54) is 12.1 Å². The van der Waals surface area contributed by atoms with Gasteiger partial charge in [-0.05, 0) is 11.5 Å². The van der Waals surface area contributed by atoms with Gasteiger partial charge in [-0.25, -0.2) is 0 Å². The molecule has 6 nitrogen and oxygen atoms in total. The number of carbonyl (C=O) groups is 1. The topological polar surface area (TPSA) is 92.5 Å². The van der Waals surface area contributed by atoms with Crippen molar-refractivity contribution in [2.75, 3.05) is 0 Å². The number of nitrogens with zero attached hydrogens (tertiary/aromatic N) is 1. The fraction of sp³-hybridized carbons (Fsp3) is 0.417. The lowest BCUT2D eigenvalue weighted by molar-refractivity contribution is -0.384. The zero-order chi connectivity index (χ0) is 13.7. The third kappa shape index (κ3) is 3.81. The van der Waals surface area contributed by atoms with Crippen LogP contribution in [0.2, 0.25) is 0 Å². The Bertz CT molecular complexity index is 445. The summed E-state index contributed by atoms with van der Waals surface area (Å²) in [5.74, 6) is -0.975. The van der Waals surface area contributed by atoms with Gasteiger partial charge >= 0.3 is 5.97 Å². The first-order chi connectivity index (χ1) is 8.41. The summed E-state index contributed by atoms with van der Waals surface area (Å²) in [6, 6.07) is 5.48. The number of benzene rings is 1. The number of nitrogens with one attached hydrogen (secondary N) is 1. The lowest BCUT2D eigenvalue weighted by Crippen LogP contribution is -2.40. The van der Waals surface area contributed by atoms with Crippen molar-refractivity contribution < 1.29 is 14.8 Å². The van der Waals surface area contributed by atoms with Crippen molar-refractivity contribution in [3.05, 3.63) is 39.9 Å². The van der Waals surface area contributed by atoms with E-state index < -0.39 is 16.9 Å². The van der Waals surface area contributed by atoms with Gasteiger partial charge in [0, 0.05) is 18.7 Å². The molecule has 0 saturated carbocycles. The summed E-state index contributed by atoms with van der Waals surface area (Å²) in [5, 5.41) is 22.5. The highest BCUT2D eigenvalue weighted by molar-refractivity contribution is 5.73. The number of non-ortho nitro benzene ring substituents is 1. The molecule has 98 valence electrons. The van der Waals surface area contributed by atoms with Crippen LogP contribution in [-0.2, 0) is 11.3 Å². The first kappa shape index (κ1) is 14.1. The van der Waals surface area contributed by atoms with Gasteiger partial charge in [-0.15, -0.1) is 0 Å². The lowest BCUT2D eigenvalue weighted by atomic mass is 10.0. The highest BCUT2D eigenvalue weighted by Crippen LogP contribution is 2.13. The number of aliphatic carboxylic acids is 1. The zero-order valence-corrected chi connectivity index (χ0v) is 10.3. The minimum Gasteiger partial charge on any atom is -0.480 e. The van der Waals surface area contributed by atoms with Gasteiger partial charge in [0.25, 0.3) is 5.69 Å². The molecule has 0 heterocycles. The van der Waals surface area contributed by atoms with Crippen molar-refractivity contribution in [1.82, 2.24) is 5.32 Å². The molecule has 0 bridgehead atoms. The summed E-state index contributed by atoms with van der Waals surface area (Å²) in [4.78, 5) is 21.1. The van der Waals surface area contributed by atoms with Gasteiger partial charge in [-0.1, -0.05) is 26.0 Å². The van der Waals surface area contributed by atoms with Crippen LogP contribution in [0.4, 0.5) is 5.69 Å². The predicted octanol–water partition coefficient (Wildman–Crippen LogP) is 1.79. The van der Waals surface area contributed by atoms with Gasteiger partial charge in [0.2, 0.25) is 0 Å². The van der Waals surface area contributed by atoms with E-state index in [4.69, 9.17) is 5.11 Å². The Morgan fingerprint density at radius 1 is 1.50 bits per heavy atom. The highest BCUT2D eigenvalue weighted by Gasteiger charge is 2.20. The second-order valence-corrected chi connectivity index (χ2v) is 4.37. The van der Waals surface area contributed by atoms with Crippen LogP contribution in [0.1, 0.15) is 19.4 Å². The first-order valence-electron chi connectivity index (χ1n) is 5.61. The van der Waals surface area contributed by atoms with E-state index in [-0.39, 0.29) is 18.2 Å². The van der Waals surface area contributed by atoms with E-state index in [2.05, 4.69) is 5.32 Å². The Morgan fingerprint density at radius 2 is 2.17 bits per heavy atom. The summed E-state index contributed by atoms with van der Waals surface area (Å²) < 4.78 is 0. The number of carboxylic acid groups (broad SMARTS) is 1. The largest absolute Gasteiger partial charge is 0.480 e. The van der Waals surface area contributed by atoms with E-state index in [0.717, 1.165) is 0 Å². The molecule has 0 unspecified atom stereocenters. The van der Waals surface area contributed by atoms with E-state index in [9.17, 15) is 14.9 Å². The number of carboxylic acids is 1. The van der Waals surface area contributed by atoms with Gasteiger partial charge < -0.3 is 10.4 Å². The molecule has 2 N–H and O–H groups in total. The third-order valence-corrected chi connectivity index (χ3v) is 2.58. The molecule has 1 aromatic rings. The molecule has 0 saturated heterocycles. The van der Waals surface area contributed by atoms with Gasteiger partial charge in [-0.2, -0.15) is 0 Å². The van der Waals surface area contributed by atoms with E-state index in [1.807, 2.05) is 0 Å². The summed E-state index contributed by atoms with van der Waals surface area (Å²) in [6.45, 7) is 3.90. The molecule has 0 spiro atoms. The van der Waals surface area contributed by atoms with Crippen LogP contribution in [0.15, 0.2) is 24.3 Å². The summed E-state index contributed by atoms with van der Waals surface area (Å²) in [6.07, 6.45) is 0. The Labute approximate surface area is 105 Å². The summed E-state index contributed by atoms with van der Waals surface area (Å²) in [5.41, 5.74) is 0.696. The van der Waals surface area contributed by atoms with Crippen molar-refractivity contribution in [2.24, 2.45) is 5.92 Å². The predicted molar refractivity (Wildman–Crippen MR) is 66.2 cm³/mol. The molecule has 0 amide bonds. The minimum atomic E-state index is -0.921. The third-order valence-electron chi connectivity index (χ3n) is 2.58. The van der Waals surface area contributed by atoms with Crippen LogP contribution >= 0.6 is 0 Å². The zero-order valence-electron chi connectivity index (χ0n) is 10.3. The molecule has 0 aliphatic heterocycles. The highest BCUT2D eigenvalue weighted by atomic mass is 16.6. The molecule has 0 fully saturated rings. The van der Waals surface area contributed by atoms with Gasteiger partial charge in [-0.3, -0.25) is 14.9 Å². The van der Waals surface area contributed by atoms with Crippen LogP contribution in [0.3, 0.4) is 0 Å². The van der Waals surface area contributed by atoms with Crippen LogP contribution in [0, 0.1) is 16.0 Å². The Kier molecular flexibility index (Phi) is 4.79. The van der Waals surface area contributed by atoms with Crippen LogP contribution in [0.5, 0.6) is 0 Å². The normalized spacial score (nSPS) is 12.4. The van der Waals surface area contributed by atoms with Crippen molar-refractivity contribution in [2.45, 2.75) is 26.4 Å². The van der Waals surface area contributed by atoms with Crippen molar-refractivity contribution in [3.8, 4) is 0 Å². The standard InChI is InChI=1S/C12H16N2O4/c1-8(2)11(12(15)16)13-7-9-4-3-5-10(6-9)14(17)18/h3-6,8,11,13H,7H2,1-2H3,(H,15,16)/t11-/m1/s1. The number of rotatable bonds is 6. The van der Waals surface area contributed by atoms with Crippen molar-refractivity contribution in [1.29, 1.82) is 0 Å². The molecule has 1 atom stereocenters. The molecule has 6 heteroatoms. The van der Waals surface area contributed by atoms with Crippen LogP contribution in [0.25, 0.3) is 0 Å². The average Bonchev–Trinajstić information content (AvgIpc) is 2.28. The Morgan fingerprint density at radius 3 is 2.67 bits per heavy atom. The fourth-order valence-corrected chi connectivity index (χ4v) is 1.62. The second kappa shape index (κ2) is 6.11. The average molecular weight is 252 g/mol. The molecular formula is C12H16N2O4. The smallest absolute Gasteiger partial charge is 0.320 e. The monoisotopic (exact) mass is 252 g/mol. The maximum atomic E-state index is 11.0. The first-order valence-corrected chi connectivity index (χ1v) is 5.61. The van der Waals surface area contributed by atoms with E-state index in [0.29, 0.717) is 5.56 Å². The van der Waals surface area contributed by atoms with Gasteiger partial charge in [0.15, 0.2) is 0 Å². The van der Waals surface area contributed by atoms with Crippen molar-refractivity contribution >= 4 is 11.7 Å². The second-order valence-electron chi connectivity index (χ2n) is 4.37. The molecule has 1 rings (SSSR count).